The molecule has 2 aliphatic rings. The minimum Gasteiger partial charge on any atom is -0.497 e. The average molecular weight is 645 g/mol. The minimum atomic E-state index is -5.08. The first-order valence-electron chi connectivity index (χ1n) is 14.4. The predicted molar refractivity (Wildman–Crippen MR) is 160 cm³/mol. The fourth-order valence-corrected chi connectivity index (χ4v) is 5.77. The van der Waals surface area contributed by atoms with E-state index in [-0.39, 0.29) is 37.1 Å². The van der Waals surface area contributed by atoms with Crippen LogP contribution in [0, 0.1) is 11.8 Å². The van der Waals surface area contributed by atoms with E-state index >= 15 is 0 Å². The van der Waals surface area contributed by atoms with Gasteiger partial charge in [0.1, 0.15) is 5.75 Å². The Morgan fingerprint density at radius 1 is 0.957 bits per heavy atom. The number of nitrogens with zero attached hydrogens (tertiary/aromatic N) is 1. The van der Waals surface area contributed by atoms with E-state index in [0.29, 0.717) is 23.8 Å². The van der Waals surface area contributed by atoms with Crippen LogP contribution < -0.4 is 19.5 Å². The summed E-state index contributed by atoms with van der Waals surface area (Å²) in [6.45, 7) is 4.76. The maximum absolute atomic E-state index is 13.5. The van der Waals surface area contributed by atoms with Crippen LogP contribution in [-0.4, -0.2) is 66.1 Å². The second kappa shape index (κ2) is 14.5. The Hall–Kier alpha value is -4.78. The number of aliphatic carboxylic acids is 2. The first kappa shape index (κ1) is 34.1. The van der Waals surface area contributed by atoms with E-state index in [1.54, 1.807) is 7.11 Å². The van der Waals surface area contributed by atoms with E-state index in [2.05, 4.69) is 19.2 Å². The Morgan fingerprint density at radius 2 is 1.57 bits per heavy atom. The Morgan fingerprint density at radius 3 is 2.13 bits per heavy atom. The highest BCUT2D eigenvalue weighted by molar-refractivity contribution is 5.79. The van der Waals surface area contributed by atoms with Crippen LogP contribution in [0.2, 0.25) is 0 Å². The molecule has 2 heterocycles. The van der Waals surface area contributed by atoms with Gasteiger partial charge >= 0.3 is 18.1 Å². The molecule has 3 aromatic carbocycles. The fraction of sp³-hybridized carbons (Fsp3) is 0.364. The third-order valence-corrected chi connectivity index (χ3v) is 7.90. The normalized spacial score (nSPS) is 19.6. The number of fused-ring (bicyclic) bond motifs is 1. The van der Waals surface area contributed by atoms with E-state index in [1.807, 2.05) is 77.7 Å². The molecule has 3 aromatic rings. The molecule has 0 spiro atoms. The first-order chi connectivity index (χ1) is 21.8. The van der Waals surface area contributed by atoms with Gasteiger partial charge in [0.15, 0.2) is 11.5 Å². The molecule has 0 bridgehead atoms. The zero-order valence-corrected chi connectivity index (χ0v) is 25.4. The highest BCUT2D eigenvalue weighted by Gasteiger charge is 2.48. The molecule has 46 heavy (non-hydrogen) atoms. The van der Waals surface area contributed by atoms with Crippen LogP contribution in [0.4, 0.5) is 13.2 Å². The summed E-state index contributed by atoms with van der Waals surface area (Å²) >= 11 is 0. The lowest BCUT2D eigenvalue weighted by atomic mass is 9.82. The predicted octanol–water partition coefficient (Wildman–Crippen LogP) is 5.41. The number of carbonyl (C=O) groups excluding carboxylic acids is 1. The van der Waals surface area contributed by atoms with E-state index in [9.17, 15) is 27.9 Å². The number of benzene rings is 3. The number of halogens is 3. The largest absolute Gasteiger partial charge is 0.497 e. The maximum atomic E-state index is 13.5. The number of amides is 1. The van der Waals surface area contributed by atoms with Crippen molar-refractivity contribution in [2.45, 2.75) is 38.0 Å². The van der Waals surface area contributed by atoms with Crippen LogP contribution in [0.3, 0.4) is 0 Å². The number of hydrogen-bond acceptors (Lipinski definition) is 7. The Bertz CT molecular complexity index is 1520. The van der Waals surface area contributed by atoms with Crippen LogP contribution in [0.15, 0.2) is 72.8 Å². The molecule has 1 saturated heterocycles. The number of hydrogen-bond donors (Lipinski definition) is 3. The molecule has 0 aliphatic carbocycles. The Kier molecular flexibility index (Phi) is 10.8. The van der Waals surface area contributed by atoms with E-state index < -0.39 is 30.1 Å². The number of nitrogens with one attached hydrogen (secondary N) is 1. The summed E-state index contributed by atoms with van der Waals surface area (Å²) in [5.41, 5.74) is 2.70. The zero-order valence-electron chi connectivity index (χ0n) is 25.4. The van der Waals surface area contributed by atoms with Crippen LogP contribution >= 0.6 is 0 Å². The van der Waals surface area contributed by atoms with Gasteiger partial charge in [-0.1, -0.05) is 62.4 Å². The summed E-state index contributed by atoms with van der Waals surface area (Å²) in [5, 5.41) is 20.8. The molecule has 0 saturated carbocycles. The van der Waals surface area contributed by atoms with E-state index in [4.69, 9.17) is 24.1 Å². The molecule has 0 aromatic heterocycles. The number of alkyl halides is 3. The van der Waals surface area contributed by atoms with Gasteiger partial charge < -0.3 is 29.7 Å². The fourth-order valence-electron chi connectivity index (χ4n) is 5.77. The van der Waals surface area contributed by atoms with E-state index in [0.717, 1.165) is 16.7 Å². The number of carboxylic acids is 2. The van der Waals surface area contributed by atoms with Crippen molar-refractivity contribution in [2.24, 2.45) is 11.8 Å². The van der Waals surface area contributed by atoms with Gasteiger partial charge in [0.05, 0.1) is 25.6 Å². The number of rotatable bonds is 9. The minimum absolute atomic E-state index is 0.0670. The SMILES string of the molecule is COc1ccc([C@H]2[C@H](C(=O)O)[C@@H](c3ccc4c(c3)OCO4)CN2CC(=O)NC(c2ccccc2)C(C)C)cc1.O=C(O)C(F)(F)F. The summed E-state index contributed by atoms with van der Waals surface area (Å²) < 4.78 is 48.1. The van der Waals surface area contributed by atoms with Gasteiger partial charge in [-0.3, -0.25) is 14.5 Å². The number of methoxy groups -OCH3 is 1. The second-order valence-corrected chi connectivity index (χ2v) is 11.2. The molecule has 10 nitrogen and oxygen atoms in total. The lowest BCUT2D eigenvalue weighted by Crippen LogP contribution is -2.41. The molecule has 3 N–H and O–H groups in total. The van der Waals surface area contributed by atoms with Crippen LogP contribution in [-0.2, 0) is 14.4 Å². The van der Waals surface area contributed by atoms with Crippen LogP contribution in [0.25, 0.3) is 0 Å². The van der Waals surface area contributed by atoms with Crippen molar-refractivity contribution in [1.29, 1.82) is 0 Å². The topological polar surface area (TPSA) is 135 Å². The second-order valence-electron chi connectivity index (χ2n) is 11.2. The third kappa shape index (κ3) is 8.08. The van der Waals surface area contributed by atoms with Crippen molar-refractivity contribution in [2.75, 3.05) is 27.0 Å². The monoisotopic (exact) mass is 644 g/mol. The molecule has 1 amide bonds. The summed E-state index contributed by atoms with van der Waals surface area (Å²) in [7, 11) is 1.59. The smallest absolute Gasteiger partial charge is 0.490 e. The number of carboxylic acid groups (broad SMARTS) is 2. The molecule has 1 fully saturated rings. The number of ether oxygens (including phenoxy) is 3. The quantitative estimate of drug-likeness (QED) is 0.280. The van der Waals surface area contributed by atoms with Gasteiger partial charge in [-0.15, -0.1) is 0 Å². The molecular weight excluding hydrogens is 609 g/mol. The summed E-state index contributed by atoms with van der Waals surface area (Å²) in [6.07, 6.45) is -5.08. The van der Waals surface area contributed by atoms with Gasteiger partial charge in [0.2, 0.25) is 12.7 Å². The van der Waals surface area contributed by atoms with Gasteiger partial charge in [-0.2, -0.15) is 13.2 Å². The van der Waals surface area contributed by atoms with Crippen molar-refractivity contribution in [1.82, 2.24) is 10.2 Å². The maximum Gasteiger partial charge on any atom is 0.490 e. The average Bonchev–Trinajstić information content (AvgIpc) is 3.64. The van der Waals surface area contributed by atoms with Crippen molar-refractivity contribution < 1.29 is 52.0 Å². The molecule has 0 radical (unpaired) electrons. The molecular formula is C33H35F3N2O8. The van der Waals surface area contributed by atoms with Gasteiger partial charge in [-0.25, -0.2) is 4.79 Å². The first-order valence-corrected chi connectivity index (χ1v) is 14.4. The van der Waals surface area contributed by atoms with Gasteiger partial charge in [-0.05, 0) is 46.9 Å². The molecule has 13 heteroatoms. The third-order valence-electron chi connectivity index (χ3n) is 7.90. The van der Waals surface area contributed by atoms with Crippen molar-refractivity contribution >= 4 is 17.8 Å². The molecule has 5 rings (SSSR count). The molecule has 1 unspecified atom stereocenters. The standard InChI is InChI=1S/C31H34N2O6.C2HF3O2/c1-19(2)29(20-7-5-4-6-8-20)32-27(34)17-33-16-24(22-11-14-25-26(15-22)39-18-38-25)28(31(35)36)30(33)21-9-12-23(37-3)13-10-21;3-2(4,5)1(6)7/h4-15,19,24,28-30H,16-18H2,1-3H3,(H,32,34)(H,35,36);(H,6,7)/t24-,28-,29?,30+;/m1./s1. The highest BCUT2D eigenvalue weighted by Crippen LogP contribution is 2.47. The molecule has 246 valence electrons. The summed E-state index contributed by atoms with van der Waals surface area (Å²) in [5.74, 6) is -2.83. The number of carbonyl (C=O) groups is 3. The molecule has 4 atom stereocenters. The number of likely N-dealkylation sites (tertiary alicyclic amines) is 1. The van der Waals surface area contributed by atoms with Crippen molar-refractivity contribution in [3.05, 3.63) is 89.5 Å². The zero-order chi connectivity index (χ0) is 33.6. The van der Waals surface area contributed by atoms with E-state index in [1.165, 1.54) is 0 Å². The lowest BCUT2D eigenvalue weighted by molar-refractivity contribution is -0.192. The Balaban J connectivity index is 0.000000617. The van der Waals surface area contributed by atoms with Crippen molar-refractivity contribution in [3.8, 4) is 17.2 Å². The van der Waals surface area contributed by atoms with Gasteiger partial charge in [0, 0.05) is 18.5 Å². The summed E-state index contributed by atoms with van der Waals surface area (Å²) in [6, 6.07) is 22.2. The lowest BCUT2D eigenvalue weighted by Gasteiger charge is -2.29. The van der Waals surface area contributed by atoms with Crippen LogP contribution in [0.5, 0.6) is 17.2 Å². The highest BCUT2D eigenvalue weighted by atomic mass is 19.4. The Labute approximate surface area is 263 Å². The van der Waals surface area contributed by atoms with Gasteiger partial charge in [0.25, 0.3) is 0 Å². The summed E-state index contributed by atoms with van der Waals surface area (Å²) in [4.78, 5) is 37.2. The van der Waals surface area contributed by atoms with Crippen LogP contribution in [0.1, 0.15) is 48.5 Å². The van der Waals surface area contributed by atoms with Crippen molar-refractivity contribution in [3.63, 3.8) is 0 Å². The molecule has 2 aliphatic heterocycles.